The Bertz CT molecular complexity index is 432. The van der Waals surface area contributed by atoms with E-state index in [4.69, 9.17) is 0 Å². The first-order chi connectivity index (χ1) is 9.08. The Morgan fingerprint density at radius 2 is 1.84 bits per heavy atom. The van der Waals surface area contributed by atoms with Gasteiger partial charge < -0.3 is 16.0 Å². The molecule has 104 valence electrons. The average Bonchev–Trinajstić information content (AvgIpc) is 2.40. The van der Waals surface area contributed by atoms with Gasteiger partial charge in [0.15, 0.2) is 0 Å². The molecule has 0 aliphatic carbocycles. The average molecular weight is 265 g/mol. The second-order valence-corrected chi connectivity index (χ2v) is 3.92. The van der Waals surface area contributed by atoms with Crippen LogP contribution in [0.1, 0.15) is 31.1 Å². The lowest BCUT2D eigenvalue weighted by molar-refractivity contribution is -0.122. The number of carbonyl (C=O) groups excluding carboxylic acids is 2. The fourth-order valence-electron chi connectivity index (χ4n) is 1.37. The highest BCUT2D eigenvalue weighted by atomic mass is 16.2. The van der Waals surface area contributed by atoms with E-state index in [1.807, 2.05) is 13.8 Å². The lowest BCUT2D eigenvalue weighted by atomic mass is 10.2. The number of likely N-dealkylation sites (N-methyl/N-ethyl adjacent to an activating group) is 1. The van der Waals surface area contributed by atoms with Gasteiger partial charge in [-0.2, -0.15) is 0 Å². The van der Waals surface area contributed by atoms with Crippen LogP contribution in [-0.4, -0.2) is 40.9 Å². The topological polar surface area (TPSA) is 96.0 Å². The summed E-state index contributed by atoms with van der Waals surface area (Å²) in [4.78, 5) is 31.3. The van der Waals surface area contributed by atoms with E-state index >= 15 is 0 Å². The first kappa shape index (κ1) is 14.9. The van der Waals surface area contributed by atoms with Crippen molar-refractivity contribution in [3.05, 3.63) is 18.0 Å². The lowest BCUT2D eigenvalue weighted by Gasteiger charge is -2.13. The normalized spacial score (nSPS) is 11.5. The molecule has 0 radical (unpaired) electrons. The predicted molar refractivity (Wildman–Crippen MR) is 71.8 cm³/mol. The molecule has 1 aromatic rings. The summed E-state index contributed by atoms with van der Waals surface area (Å²) in [6, 6.07) is -0.596. The number of hydrogen-bond donors (Lipinski definition) is 3. The van der Waals surface area contributed by atoms with Gasteiger partial charge in [-0.1, -0.05) is 0 Å². The Labute approximate surface area is 112 Å². The van der Waals surface area contributed by atoms with Crippen molar-refractivity contribution < 1.29 is 9.59 Å². The Kier molecular flexibility index (Phi) is 5.72. The van der Waals surface area contributed by atoms with Crippen LogP contribution in [0.3, 0.4) is 0 Å². The second kappa shape index (κ2) is 7.30. The molecule has 3 N–H and O–H groups in total. The maximum atomic E-state index is 11.8. The summed E-state index contributed by atoms with van der Waals surface area (Å²) in [5, 5.41) is 8.15. The molecule has 0 saturated heterocycles. The van der Waals surface area contributed by atoms with E-state index in [-0.39, 0.29) is 11.8 Å². The van der Waals surface area contributed by atoms with Gasteiger partial charge in [-0.05, 0) is 20.8 Å². The molecule has 2 amide bonds. The molecule has 0 saturated carbocycles. The molecule has 1 heterocycles. The van der Waals surface area contributed by atoms with E-state index in [0.717, 1.165) is 0 Å². The molecular formula is C12H19N5O2. The van der Waals surface area contributed by atoms with Crippen LogP contribution in [0.15, 0.2) is 12.4 Å². The summed E-state index contributed by atoms with van der Waals surface area (Å²) < 4.78 is 0. The third-order valence-electron chi connectivity index (χ3n) is 2.34. The molecule has 1 atom stereocenters. The summed E-state index contributed by atoms with van der Waals surface area (Å²) in [5.41, 5.74) is 0.317. The second-order valence-electron chi connectivity index (χ2n) is 3.92. The molecule has 1 rings (SSSR count). The zero-order valence-corrected chi connectivity index (χ0v) is 11.4. The van der Waals surface area contributed by atoms with Crippen LogP contribution in [0.2, 0.25) is 0 Å². The van der Waals surface area contributed by atoms with Crippen molar-refractivity contribution in [3.63, 3.8) is 0 Å². The van der Waals surface area contributed by atoms with Crippen molar-refractivity contribution >= 4 is 17.8 Å². The Hall–Kier alpha value is -2.18. The van der Waals surface area contributed by atoms with Gasteiger partial charge in [0.25, 0.3) is 5.91 Å². The van der Waals surface area contributed by atoms with E-state index in [1.165, 1.54) is 12.4 Å². The van der Waals surface area contributed by atoms with Gasteiger partial charge in [0.1, 0.15) is 6.04 Å². The maximum Gasteiger partial charge on any atom is 0.255 e. The first-order valence-electron chi connectivity index (χ1n) is 6.23. The number of carbonyl (C=O) groups is 2. The summed E-state index contributed by atoms with van der Waals surface area (Å²) >= 11 is 0. The third-order valence-corrected chi connectivity index (χ3v) is 2.34. The van der Waals surface area contributed by atoms with Crippen LogP contribution in [0.5, 0.6) is 0 Å². The molecule has 0 bridgehead atoms. The standard InChI is InChI=1S/C12H19N5O2/c1-4-13-10(18)8(3)17-11(19)9-6-15-12(14-5-2)16-7-9/h6-8H,4-5H2,1-3H3,(H,13,18)(H,17,19)(H,14,15,16)/t8-/m0/s1. The van der Waals surface area contributed by atoms with Gasteiger partial charge in [0, 0.05) is 25.5 Å². The Morgan fingerprint density at radius 3 is 2.37 bits per heavy atom. The highest BCUT2D eigenvalue weighted by Gasteiger charge is 2.16. The van der Waals surface area contributed by atoms with E-state index in [1.54, 1.807) is 6.92 Å². The van der Waals surface area contributed by atoms with Crippen molar-refractivity contribution in [1.82, 2.24) is 20.6 Å². The molecule has 0 aromatic carbocycles. The maximum absolute atomic E-state index is 11.8. The van der Waals surface area contributed by atoms with Crippen LogP contribution in [0.25, 0.3) is 0 Å². The number of rotatable bonds is 6. The lowest BCUT2D eigenvalue weighted by Crippen LogP contribution is -2.44. The van der Waals surface area contributed by atoms with Crippen LogP contribution in [0.4, 0.5) is 5.95 Å². The van der Waals surface area contributed by atoms with Crippen molar-refractivity contribution in [2.45, 2.75) is 26.8 Å². The zero-order valence-electron chi connectivity index (χ0n) is 11.4. The Balaban J connectivity index is 2.60. The minimum Gasteiger partial charge on any atom is -0.355 e. The van der Waals surface area contributed by atoms with Gasteiger partial charge in [-0.15, -0.1) is 0 Å². The zero-order chi connectivity index (χ0) is 14.3. The summed E-state index contributed by atoms with van der Waals surface area (Å²) in [6.45, 7) is 6.60. The van der Waals surface area contributed by atoms with Crippen LogP contribution >= 0.6 is 0 Å². The molecule has 7 heteroatoms. The monoisotopic (exact) mass is 265 g/mol. The molecule has 1 aromatic heterocycles. The first-order valence-corrected chi connectivity index (χ1v) is 6.23. The minimum absolute atomic E-state index is 0.221. The number of nitrogens with zero attached hydrogens (tertiary/aromatic N) is 2. The quantitative estimate of drug-likeness (QED) is 0.681. The molecular weight excluding hydrogens is 246 g/mol. The van der Waals surface area contributed by atoms with Gasteiger partial charge in [-0.25, -0.2) is 9.97 Å². The van der Waals surface area contributed by atoms with E-state index < -0.39 is 6.04 Å². The predicted octanol–water partition coefficient (Wildman–Crippen LogP) is 0.163. The van der Waals surface area contributed by atoms with Crippen molar-refractivity contribution in [2.75, 3.05) is 18.4 Å². The third kappa shape index (κ3) is 4.53. The molecule has 0 spiro atoms. The van der Waals surface area contributed by atoms with Crippen LogP contribution < -0.4 is 16.0 Å². The van der Waals surface area contributed by atoms with E-state index in [9.17, 15) is 9.59 Å². The number of anilines is 1. The van der Waals surface area contributed by atoms with Crippen LogP contribution in [0, 0.1) is 0 Å². The van der Waals surface area contributed by atoms with E-state index in [0.29, 0.717) is 24.6 Å². The van der Waals surface area contributed by atoms with Gasteiger partial charge in [0.05, 0.1) is 5.56 Å². The fourth-order valence-corrected chi connectivity index (χ4v) is 1.37. The Morgan fingerprint density at radius 1 is 1.21 bits per heavy atom. The van der Waals surface area contributed by atoms with Gasteiger partial charge in [-0.3, -0.25) is 9.59 Å². The number of hydrogen-bond acceptors (Lipinski definition) is 5. The summed E-state index contributed by atoms with van der Waals surface area (Å²) in [5.74, 6) is -0.126. The van der Waals surface area contributed by atoms with E-state index in [2.05, 4.69) is 25.9 Å². The molecule has 0 aliphatic rings. The highest BCUT2D eigenvalue weighted by Crippen LogP contribution is 2.00. The molecule has 0 aliphatic heterocycles. The molecule has 0 fully saturated rings. The van der Waals surface area contributed by atoms with Gasteiger partial charge in [0.2, 0.25) is 11.9 Å². The highest BCUT2D eigenvalue weighted by molar-refractivity contribution is 5.97. The van der Waals surface area contributed by atoms with Gasteiger partial charge >= 0.3 is 0 Å². The molecule has 7 nitrogen and oxygen atoms in total. The number of aromatic nitrogens is 2. The number of amides is 2. The molecule has 0 unspecified atom stereocenters. The fraction of sp³-hybridized carbons (Fsp3) is 0.500. The summed E-state index contributed by atoms with van der Waals surface area (Å²) in [7, 11) is 0. The van der Waals surface area contributed by atoms with Crippen molar-refractivity contribution in [3.8, 4) is 0 Å². The smallest absolute Gasteiger partial charge is 0.255 e. The summed E-state index contributed by atoms with van der Waals surface area (Å²) in [6.07, 6.45) is 2.84. The van der Waals surface area contributed by atoms with Crippen molar-refractivity contribution in [1.29, 1.82) is 0 Å². The molecule has 19 heavy (non-hydrogen) atoms. The minimum atomic E-state index is -0.596. The largest absolute Gasteiger partial charge is 0.355 e. The van der Waals surface area contributed by atoms with Crippen molar-refractivity contribution in [2.24, 2.45) is 0 Å². The SMILES string of the molecule is CCNC(=O)[C@H](C)NC(=O)c1cnc(NCC)nc1. The number of nitrogens with one attached hydrogen (secondary N) is 3. The van der Waals surface area contributed by atoms with Crippen LogP contribution in [-0.2, 0) is 4.79 Å².